The third kappa shape index (κ3) is 6.93. The number of nitrogens with zero attached hydrogens (tertiary/aromatic N) is 2. The second kappa shape index (κ2) is 11.3. The lowest BCUT2D eigenvalue weighted by atomic mass is 10.1. The smallest absolute Gasteiger partial charge is 0.242 e. The van der Waals surface area contributed by atoms with Crippen LogP contribution in [0.1, 0.15) is 30.0 Å². The highest BCUT2D eigenvalue weighted by atomic mass is 35.5. The lowest BCUT2D eigenvalue weighted by Gasteiger charge is -2.29. The third-order valence-corrected chi connectivity index (χ3v) is 5.35. The van der Waals surface area contributed by atoms with Crippen molar-refractivity contribution in [3.63, 3.8) is 0 Å². The number of hydrogen-bond acceptors (Lipinski definition) is 3. The third-order valence-electron chi connectivity index (χ3n) is 5.09. The van der Waals surface area contributed by atoms with Crippen molar-refractivity contribution >= 4 is 23.4 Å². The van der Waals surface area contributed by atoms with Crippen molar-refractivity contribution in [3.8, 4) is 0 Å². The molecular formula is C25H26ClN3O2. The Hall–Kier alpha value is -3.18. The first kappa shape index (κ1) is 22.5. The molecule has 160 valence electrons. The molecule has 0 radical (unpaired) electrons. The number of nitrogens with one attached hydrogen (secondary N) is 1. The zero-order valence-electron chi connectivity index (χ0n) is 17.5. The molecule has 0 saturated heterocycles. The number of hydrogen-bond donors (Lipinski definition) is 1. The largest absolute Gasteiger partial charge is 0.350 e. The van der Waals surface area contributed by atoms with E-state index >= 15 is 0 Å². The van der Waals surface area contributed by atoms with Gasteiger partial charge in [-0.15, -0.1) is 0 Å². The van der Waals surface area contributed by atoms with Gasteiger partial charge in [-0.25, -0.2) is 0 Å². The summed E-state index contributed by atoms with van der Waals surface area (Å²) in [5.74, 6) is -0.270. The van der Waals surface area contributed by atoms with Gasteiger partial charge in [0.05, 0.1) is 0 Å². The van der Waals surface area contributed by atoms with Gasteiger partial charge in [-0.3, -0.25) is 14.6 Å². The van der Waals surface area contributed by atoms with Gasteiger partial charge in [0.25, 0.3) is 0 Å². The Morgan fingerprint density at radius 2 is 1.68 bits per heavy atom. The molecule has 0 bridgehead atoms. The highest BCUT2D eigenvalue weighted by molar-refractivity contribution is 6.30. The topological polar surface area (TPSA) is 62.3 Å². The summed E-state index contributed by atoms with van der Waals surface area (Å²) in [6.07, 6.45) is 4.35. The van der Waals surface area contributed by atoms with Gasteiger partial charge in [0.15, 0.2) is 0 Å². The first-order valence-corrected chi connectivity index (χ1v) is 10.6. The molecule has 1 heterocycles. The predicted octanol–water partition coefficient (Wildman–Crippen LogP) is 4.40. The van der Waals surface area contributed by atoms with Gasteiger partial charge in [0.2, 0.25) is 11.8 Å². The van der Waals surface area contributed by atoms with Crippen LogP contribution in [-0.4, -0.2) is 27.7 Å². The number of amides is 2. The van der Waals surface area contributed by atoms with E-state index in [1.807, 2.05) is 54.6 Å². The first-order chi connectivity index (χ1) is 15.0. The molecule has 0 fully saturated rings. The number of rotatable bonds is 9. The zero-order chi connectivity index (χ0) is 22.1. The normalized spacial score (nSPS) is 11.5. The van der Waals surface area contributed by atoms with Gasteiger partial charge in [-0.2, -0.15) is 0 Å². The van der Waals surface area contributed by atoms with Gasteiger partial charge in [0, 0.05) is 36.9 Å². The molecule has 1 N–H and O–H groups in total. The number of benzene rings is 2. The minimum absolute atomic E-state index is 0.0668. The molecule has 31 heavy (non-hydrogen) atoms. The molecule has 1 unspecified atom stereocenters. The van der Waals surface area contributed by atoms with Crippen molar-refractivity contribution in [1.29, 1.82) is 0 Å². The zero-order valence-corrected chi connectivity index (χ0v) is 18.3. The Morgan fingerprint density at radius 1 is 0.968 bits per heavy atom. The Bertz CT molecular complexity index is 979. The van der Waals surface area contributed by atoms with Gasteiger partial charge in [-0.1, -0.05) is 60.1 Å². The van der Waals surface area contributed by atoms with Crippen LogP contribution in [0.2, 0.25) is 5.02 Å². The maximum atomic E-state index is 13.1. The summed E-state index contributed by atoms with van der Waals surface area (Å²) < 4.78 is 0. The summed E-state index contributed by atoms with van der Waals surface area (Å²) in [7, 11) is 0. The summed E-state index contributed by atoms with van der Waals surface area (Å²) in [5, 5.41) is 3.54. The van der Waals surface area contributed by atoms with E-state index in [1.165, 1.54) is 0 Å². The van der Waals surface area contributed by atoms with Gasteiger partial charge in [-0.05, 0) is 48.2 Å². The molecule has 1 atom stereocenters. The molecule has 3 rings (SSSR count). The summed E-state index contributed by atoms with van der Waals surface area (Å²) in [6.45, 7) is 2.46. The fraction of sp³-hybridized carbons (Fsp3) is 0.240. The molecule has 6 heteroatoms. The van der Waals surface area contributed by atoms with Crippen LogP contribution in [-0.2, 0) is 29.1 Å². The van der Waals surface area contributed by atoms with Crippen molar-refractivity contribution in [1.82, 2.24) is 15.2 Å². The van der Waals surface area contributed by atoms with Crippen LogP contribution in [0.25, 0.3) is 0 Å². The molecule has 0 saturated carbocycles. The Morgan fingerprint density at radius 3 is 2.35 bits per heavy atom. The van der Waals surface area contributed by atoms with Crippen LogP contribution >= 0.6 is 11.6 Å². The second-order valence-electron chi connectivity index (χ2n) is 7.39. The van der Waals surface area contributed by atoms with Gasteiger partial charge < -0.3 is 10.2 Å². The fourth-order valence-corrected chi connectivity index (χ4v) is 3.37. The first-order valence-electron chi connectivity index (χ1n) is 10.3. The van der Waals surface area contributed by atoms with Gasteiger partial charge >= 0.3 is 0 Å². The second-order valence-corrected chi connectivity index (χ2v) is 7.83. The summed E-state index contributed by atoms with van der Waals surface area (Å²) in [4.78, 5) is 31.6. The summed E-state index contributed by atoms with van der Waals surface area (Å²) >= 11 is 5.99. The number of aryl methyl sites for hydroxylation is 1. The molecule has 0 aliphatic rings. The number of pyridine rings is 1. The monoisotopic (exact) mass is 435 g/mol. The molecule has 2 amide bonds. The van der Waals surface area contributed by atoms with E-state index < -0.39 is 6.04 Å². The standard InChI is InChI=1S/C25H26ClN3O2/c1-19(25(31)28-17-22-8-5-15-27-16-22)29(18-21-9-12-23(26)13-10-21)24(30)14-11-20-6-3-2-4-7-20/h2-10,12-13,15-16,19H,11,14,17-18H2,1H3,(H,28,31). The highest BCUT2D eigenvalue weighted by Gasteiger charge is 2.25. The van der Waals surface area contributed by atoms with E-state index in [0.29, 0.717) is 31.0 Å². The van der Waals surface area contributed by atoms with E-state index in [2.05, 4.69) is 10.3 Å². The predicted molar refractivity (Wildman–Crippen MR) is 122 cm³/mol. The molecule has 2 aromatic carbocycles. The molecule has 0 aliphatic carbocycles. The maximum absolute atomic E-state index is 13.1. The molecule has 5 nitrogen and oxygen atoms in total. The van der Waals surface area contributed by atoms with Crippen molar-refractivity contribution in [2.24, 2.45) is 0 Å². The number of aromatic nitrogens is 1. The van der Waals surface area contributed by atoms with Crippen molar-refractivity contribution in [2.75, 3.05) is 0 Å². The van der Waals surface area contributed by atoms with Crippen LogP contribution in [0.5, 0.6) is 0 Å². The minimum Gasteiger partial charge on any atom is -0.350 e. The number of carbonyl (C=O) groups is 2. The Kier molecular flexibility index (Phi) is 8.19. The summed E-state index contributed by atoms with van der Waals surface area (Å²) in [6, 6.07) is 20.3. The van der Waals surface area contributed by atoms with E-state index in [-0.39, 0.29) is 11.8 Å². The highest BCUT2D eigenvalue weighted by Crippen LogP contribution is 2.15. The van der Waals surface area contributed by atoms with Crippen LogP contribution in [0.3, 0.4) is 0 Å². The molecule has 1 aromatic heterocycles. The van der Waals surface area contributed by atoms with Crippen LogP contribution < -0.4 is 5.32 Å². The Balaban J connectivity index is 1.69. The molecule has 3 aromatic rings. The molecule has 0 aliphatic heterocycles. The van der Waals surface area contributed by atoms with Gasteiger partial charge in [0.1, 0.15) is 6.04 Å². The number of carbonyl (C=O) groups excluding carboxylic acids is 2. The van der Waals surface area contributed by atoms with E-state index in [4.69, 9.17) is 11.6 Å². The van der Waals surface area contributed by atoms with Crippen molar-refractivity contribution in [3.05, 3.63) is 101 Å². The minimum atomic E-state index is -0.615. The van der Waals surface area contributed by atoms with Crippen LogP contribution in [0.4, 0.5) is 0 Å². The lowest BCUT2D eigenvalue weighted by molar-refractivity contribution is -0.140. The molecule has 0 spiro atoms. The van der Waals surface area contributed by atoms with E-state index in [1.54, 1.807) is 36.4 Å². The average Bonchev–Trinajstić information content (AvgIpc) is 2.81. The van der Waals surface area contributed by atoms with E-state index in [0.717, 1.165) is 16.7 Å². The average molecular weight is 436 g/mol. The maximum Gasteiger partial charge on any atom is 0.242 e. The van der Waals surface area contributed by atoms with Crippen LogP contribution in [0, 0.1) is 0 Å². The summed E-state index contributed by atoms with van der Waals surface area (Å²) in [5.41, 5.74) is 2.92. The fourth-order valence-electron chi connectivity index (χ4n) is 3.25. The van der Waals surface area contributed by atoms with Crippen molar-refractivity contribution in [2.45, 2.75) is 38.9 Å². The van der Waals surface area contributed by atoms with Crippen LogP contribution in [0.15, 0.2) is 79.1 Å². The SMILES string of the molecule is CC(C(=O)NCc1cccnc1)N(Cc1ccc(Cl)cc1)C(=O)CCc1ccccc1. The lowest BCUT2D eigenvalue weighted by Crippen LogP contribution is -2.47. The Labute approximate surface area is 188 Å². The molecular weight excluding hydrogens is 410 g/mol. The van der Waals surface area contributed by atoms with Crippen molar-refractivity contribution < 1.29 is 9.59 Å². The quantitative estimate of drug-likeness (QED) is 0.541. The number of halogens is 1. The van der Waals surface area contributed by atoms with E-state index in [9.17, 15) is 9.59 Å².